The van der Waals surface area contributed by atoms with Crippen LogP contribution in [0, 0.1) is 6.92 Å². The van der Waals surface area contributed by atoms with Crippen LogP contribution < -0.4 is 0 Å². The summed E-state index contributed by atoms with van der Waals surface area (Å²) in [5.41, 5.74) is 0. The third-order valence-corrected chi connectivity index (χ3v) is 3.97. The number of hydrogen-bond acceptors (Lipinski definition) is 1. The molecule has 0 nitrogen and oxygen atoms in total. The van der Waals surface area contributed by atoms with Crippen molar-refractivity contribution < 1.29 is 0 Å². The van der Waals surface area contributed by atoms with Crippen molar-refractivity contribution in [2.45, 2.75) is 55.9 Å². The second kappa shape index (κ2) is 5.08. The molecule has 0 aliphatic heterocycles. The van der Waals surface area contributed by atoms with Crippen LogP contribution in [0.25, 0.3) is 0 Å². The van der Waals surface area contributed by atoms with Crippen molar-refractivity contribution in [3.05, 3.63) is 6.92 Å². The third-order valence-electron chi connectivity index (χ3n) is 2.39. The molecule has 1 radical (unpaired) electrons. The topological polar surface area (TPSA) is 0 Å². The summed E-state index contributed by atoms with van der Waals surface area (Å²) in [6, 6.07) is 0. The summed E-state index contributed by atoms with van der Waals surface area (Å²) in [6.45, 7) is 6.34. The first kappa shape index (κ1) is 9.44. The lowest BCUT2D eigenvalue weighted by molar-refractivity contribution is 0.515. The van der Waals surface area contributed by atoms with Crippen LogP contribution in [0.3, 0.4) is 0 Å². The fraction of sp³-hybridized carbons (Fsp3) is 0.900. The van der Waals surface area contributed by atoms with Crippen molar-refractivity contribution in [2.24, 2.45) is 0 Å². The highest BCUT2D eigenvalue weighted by Gasteiger charge is 2.15. The van der Waals surface area contributed by atoms with Crippen LogP contribution in [0.2, 0.25) is 0 Å². The first-order valence-electron chi connectivity index (χ1n) is 4.81. The van der Waals surface area contributed by atoms with E-state index >= 15 is 0 Å². The first-order valence-corrected chi connectivity index (χ1v) is 5.75. The average Bonchev–Trinajstić information content (AvgIpc) is 2.06. The maximum atomic E-state index is 4.11. The van der Waals surface area contributed by atoms with Gasteiger partial charge >= 0.3 is 0 Å². The van der Waals surface area contributed by atoms with Crippen molar-refractivity contribution in [1.29, 1.82) is 0 Å². The quantitative estimate of drug-likeness (QED) is 0.624. The molecule has 1 aliphatic rings. The van der Waals surface area contributed by atoms with Gasteiger partial charge in [0.05, 0.1) is 0 Å². The summed E-state index contributed by atoms with van der Waals surface area (Å²) in [5, 5.41) is 1.57. The summed E-state index contributed by atoms with van der Waals surface area (Å²) in [7, 11) is 0. The molecule has 65 valence electrons. The maximum Gasteiger partial charge on any atom is 0.00498 e. The molecular weight excluding hydrogens is 152 g/mol. The number of hydrogen-bond donors (Lipinski definition) is 0. The Morgan fingerprint density at radius 1 is 1.36 bits per heavy atom. The van der Waals surface area contributed by atoms with Crippen LogP contribution in [0.15, 0.2) is 0 Å². The Hall–Kier alpha value is 0.350. The molecule has 1 saturated carbocycles. The Labute approximate surface area is 75.1 Å². The van der Waals surface area contributed by atoms with Gasteiger partial charge in [-0.25, -0.2) is 0 Å². The molecule has 1 fully saturated rings. The largest absolute Gasteiger partial charge is 0.155 e. The van der Waals surface area contributed by atoms with Gasteiger partial charge in [-0.2, -0.15) is 11.8 Å². The van der Waals surface area contributed by atoms with Gasteiger partial charge in [0, 0.05) is 10.5 Å². The minimum Gasteiger partial charge on any atom is -0.155 e. The van der Waals surface area contributed by atoms with Crippen molar-refractivity contribution in [3.63, 3.8) is 0 Å². The van der Waals surface area contributed by atoms with Crippen LogP contribution in [-0.2, 0) is 0 Å². The summed E-state index contributed by atoms with van der Waals surface area (Å²) in [6.07, 6.45) is 8.47. The molecule has 0 spiro atoms. The molecule has 1 atom stereocenters. The highest BCUT2D eigenvalue weighted by atomic mass is 32.2. The highest BCUT2D eigenvalue weighted by molar-refractivity contribution is 8.00. The smallest absolute Gasteiger partial charge is 0.00498 e. The maximum absolute atomic E-state index is 4.11. The summed E-state index contributed by atoms with van der Waals surface area (Å²) in [4.78, 5) is 0. The van der Waals surface area contributed by atoms with Crippen molar-refractivity contribution in [2.75, 3.05) is 0 Å². The zero-order valence-electron chi connectivity index (χ0n) is 7.51. The van der Waals surface area contributed by atoms with E-state index in [1.54, 1.807) is 0 Å². The molecule has 1 rings (SSSR count). The molecule has 0 N–H and O–H groups in total. The Bertz CT molecular complexity index is 95.0. The fourth-order valence-corrected chi connectivity index (χ4v) is 2.91. The van der Waals surface area contributed by atoms with E-state index in [2.05, 4.69) is 25.6 Å². The summed E-state index contributed by atoms with van der Waals surface area (Å²) < 4.78 is 0. The Balaban J connectivity index is 2.13. The lowest BCUT2D eigenvalue weighted by Crippen LogP contribution is -2.11. The van der Waals surface area contributed by atoms with E-state index in [0.717, 1.165) is 5.25 Å². The van der Waals surface area contributed by atoms with Crippen LogP contribution in [-0.4, -0.2) is 10.5 Å². The number of thioether (sulfide) groups is 1. The zero-order valence-corrected chi connectivity index (χ0v) is 8.33. The van der Waals surface area contributed by atoms with E-state index in [-0.39, 0.29) is 0 Å². The van der Waals surface area contributed by atoms with Gasteiger partial charge in [0.2, 0.25) is 0 Å². The number of rotatable bonds is 3. The van der Waals surface area contributed by atoms with E-state index in [4.69, 9.17) is 0 Å². The van der Waals surface area contributed by atoms with Gasteiger partial charge < -0.3 is 0 Å². The zero-order chi connectivity index (χ0) is 8.10. The molecule has 0 heterocycles. The molecule has 0 saturated heterocycles. The molecule has 11 heavy (non-hydrogen) atoms. The highest BCUT2D eigenvalue weighted by Crippen LogP contribution is 2.31. The average molecular weight is 171 g/mol. The van der Waals surface area contributed by atoms with E-state index in [1.807, 2.05) is 0 Å². The summed E-state index contributed by atoms with van der Waals surface area (Å²) >= 11 is 2.11. The molecule has 0 amide bonds. The normalized spacial score (nSPS) is 23.5. The second-order valence-corrected chi connectivity index (χ2v) is 5.03. The Kier molecular flexibility index (Phi) is 4.36. The van der Waals surface area contributed by atoms with Gasteiger partial charge in [-0.05, 0) is 26.2 Å². The van der Waals surface area contributed by atoms with E-state index in [9.17, 15) is 0 Å². The van der Waals surface area contributed by atoms with Gasteiger partial charge in [0.15, 0.2) is 0 Å². The van der Waals surface area contributed by atoms with Gasteiger partial charge in [0.1, 0.15) is 0 Å². The SMILES string of the molecule is [CH2]C(CC)SC1CCCCC1. The van der Waals surface area contributed by atoms with Gasteiger partial charge in [-0.3, -0.25) is 0 Å². The molecule has 1 unspecified atom stereocenters. The molecule has 0 bridgehead atoms. The molecule has 0 aromatic carbocycles. The molecular formula is C10H19S. The molecule has 0 aromatic rings. The fourth-order valence-electron chi connectivity index (χ4n) is 1.57. The van der Waals surface area contributed by atoms with Crippen molar-refractivity contribution in [1.82, 2.24) is 0 Å². The van der Waals surface area contributed by atoms with Crippen molar-refractivity contribution in [3.8, 4) is 0 Å². The van der Waals surface area contributed by atoms with Gasteiger partial charge in [-0.15, -0.1) is 0 Å². The van der Waals surface area contributed by atoms with E-state index in [0.29, 0.717) is 5.25 Å². The monoisotopic (exact) mass is 171 g/mol. The van der Waals surface area contributed by atoms with E-state index < -0.39 is 0 Å². The third kappa shape index (κ3) is 3.50. The Morgan fingerprint density at radius 2 is 2.00 bits per heavy atom. The molecule has 1 heteroatoms. The van der Waals surface area contributed by atoms with Gasteiger partial charge in [0.25, 0.3) is 0 Å². The lowest BCUT2D eigenvalue weighted by atomic mass is 10.0. The van der Waals surface area contributed by atoms with Crippen LogP contribution >= 0.6 is 11.8 Å². The molecule has 0 aromatic heterocycles. The summed E-state index contributed by atoms with van der Waals surface area (Å²) in [5.74, 6) is 0. The van der Waals surface area contributed by atoms with Crippen LogP contribution in [0.4, 0.5) is 0 Å². The lowest BCUT2D eigenvalue weighted by Gasteiger charge is -2.23. The predicted molar refractivity (Wildman–Crippen MR) is 53.9 cm³/mol. The van der Waals surface area contributed by atoms with Crippen molar-refractivity contribution >= 4 is 11.8 Å². The van der Waals surface area contributed by atoms with Crippen LogP contribution in [0.1, 0.15) is 45.4 Å². The minimum absolute atomic E-state index is 0.637. The van der Waals surface area contributed by atoms with Gasteiger partial charge in [-0.1, -0.05) is 26.2 Å². The molecule has 1 aliphatic carbocycles. The minimum atomic E-state index is 0.637. The van der Waals surface area contributed by atoms with E-state index in [1.165, 1.54) is 38.5 Å². The standard InChI is InChI=1S/C10H19S/c1-3-9(2)11-10-7-5-4-6-8-10/h9-10H,2-8H2,1H3. The Morgan fingerprint density at radius 3 is 2.55 bits per heavy atom. The van der Waals surface area contributed by atoms with Crippen LogP contribution in [0.5, 0.6) is 0 Å². The first-order chi connectivity index (χ1) is 5.33. The predicted octanol–water partition coefficient (Wildman–Crippen LogP) is 3.66. The second-order valence-electron chi connectivity index (χ2n) is 3.43.